The summed E-state index contributed by atoms with van der Waals surface area (Å²) in [5.41, 5.74) is 1.22. The molecule has 0 spiro atoms. The maximum atomic E-state index is 14.1. The van der Waals surface area contributed by atoms with Crippen molar-refractivity contribution >= 4 is 33.4 Å². The number of hydrogen-bond acceptors (Lipinski definition) is 2. The van der Waals surface area contributed by atoms with Gasteiger partial charge in [-0.1, -0.05) is 46.3 Å². The van der Waals surface area contributed by atoms with Crippen LogP contribution in [0.3, 0.4) is 0 Å². The van der Waals surface area contributed by atoms with Crippen LogP contribution in [0.25, 0.3) is 0 Å². The van der Waals surface area contributed by atoms with Crippen LogP contribution in [0, 0.1) is 11.7 Å². The molecule has 1 heterocycles. The van der Waals surface area contributed by atoms with Crippen molar-refractivity contribution in [2.75, 3.05) is 18.5 Å². The van der Waals surface area contributed by atoms with Crippen molar-refractivity contribution in [1.82, 2.24) is 4.90 Å². The van der Waals surface area contributed by atoms with Crippen molar-refractivity contribution in [1.29, 1.82) is 0 Å². The lowest BCUT2D eigenvalue weighted by atomic mass is 10.1. The van der Waals surface area contributed by atoms with E-state index in [-0.39, 0.29) is 17.5 Å². The van der Waals surface area contributed by atoms with Gasteiger partial charge in [-0.05, 0) is 30.2 Å². The van der Waals surface area contributed by atoms with Gasteiger partial charge in [0.15, 0.2) is 0 Å². The highest BCUT2D eigenvalue weighted by atomic mass is 79.9. The van der Waals surface area contributed by atoms with Crippen molar-refractivity contribution in [3.8, 4) is 0 Å². The maximum absolute atomic E-state index is 14.1. The number of carbonyl (C=O) groups excluding carboxylic acids is 2. The molecule has 0 saturated carbocycles. The van der Waals surface area contributed by atoms with Gasteiger partial charge in [0.05, 0.1) is 5.69 Å². The monoisotopic (exact) mass is 404 g/mol. The summed E-state index contributed by atoms with van der Waals surface area (Å²) >= 11 is 3.20. The third kappa shape index (κ3) is 3.74. The second kappa shape index (κ2) is 7.35. The molecule has 0 aromatic heterocycles. The highest BCUT2D eigenvalue weighted by molar-refractivity contribution is 9.10. The molecule has 25 heavy (non-hydrogen) atoms. The molecule has 130 valence electrons. The first-order chi connectivity index (χ1) is 12.0. The van der Waals surface area contributed by atoms with Crippen LogP contribution >= 0.6 is 15.9 Å². The van der Waals surface area contributed by atoms with E-state index in [0.29, 0.717) is 24.0 Å². The predicted octanol–water partition coefficient (Wildman–Crippen LogP) is 3.60. The van der Waals surface area contributed by atoms with Crippen molar-refractivity contribution in [2.45, 2.75) is 13.0 Å². The Kier molecular flexibility index (Phi) is 5.18. The summed E-state index contributed by atoms with van der Waals surface area (Å²) in [6.07, 6.45) is 0.395. The SMILES string of the molecule is CN(Cc1ccccc1)C(=O)C1CCN(c2ccc(Br)cc2F)C1=O. The Labute approximate surface area is 154 Å². The quantitative estimate of drug-likeness (QED) is 0.730. The average Bonchev–Trinajstić information content (AvgIpc) is 2.96. The summed E-state index contributed by atoms with van der Waals surface area (Å²) in [5.74, 6) is -1.80. The second-order valence-corrected chi connectivity index (χ2v) is 7.02. The van der Waals surface area contributed by atoms with Gasteiger partial charge in [0.1, 0.15) is 11.7 Å². The Balaban J connectivity index is 1.71. The van der Waals surface area contributed by atoms with E-state index in [1.807, 2.05) is 30.3 Å². The first-order valence-electron chi connectivity index (χ1n) is 8.02. The summed E-state index contributed by atoms with van der Waals surface area (Å²) in [4.78, 5) is 28.2. The number of rotatable bonds is 4. The van der Waals surface area contributed by atoms with E-state index in [0.717, 1.165) is 5.56 Å². The fraction of sp³-hybridized carbons (Fsp3) is 0.263. The van der Waals surface area contributed by atoms with Gasteiger partial charge in [0, 0.05) is 24.6 Å². The molecule has 1 unspecified atom stereocenters. The Morgan fingerprint density at radius 3 is 2.68 bits per heavy atom. The van der Waals surface area contributed by atoms with E-state index >= 15 is 0 Å². The fourth-order valence-electron chi connectivity index (χ4n) is 3.05. The summed E-state index contributed by atoms with van der Waals surface area (Å²) in [6.45, 7) is 0.781. The van der Waals surface area contributed by atoms with Crippen LogP contribution in [0.4, 0.5) is 10.1 Å². The van der Waals surface area contributed by atoms with E-state index in [2.05, 4.69) is 15.9 Å². The summed E-state index contributed by atoms with van der Waals surface area (Å²) in [5, 5.41) is 0. The van der Waals surface area contributed by atoms with Gasteiger partial charge < -0.3 is 9.80 Å². The average molecular weight is 405 g/mol. The molecular weight excluding hydrogens is 387 g/mol. The highest BCUT2D eigenvalue weighted by Gasteiger charge is 2.39. The highest BCUT2D eigenvalue weighted by Crippen LogP contribution is 2.30. The molecule has 1 aliphatic rings. The van der Waals surface area contributed by atoms with Gasteiger partial charge in [0.25, 0.3) is 0 Å². The van der Waals surface area contributed by atoms with Crippen LogP contribution in [0.15, 0.2) is 53.0 Å². The number of benzene rings is 2. The predicted molar refractivity (Wildman–Crippen MR) is 97.5 cm³/mol. The van der Waals surface area contributed by atoms with Gasteiger partial charge in [-0.15, -0.1) is 0 Å². The fourth-order valence-corrected chi connectivity index (χ4v) is 3.38. The molecule has 1 atom stereocenters. The van der Waals surface area contributed by atoms with Gasteiger partial charge in [0.2, 0.25) is 11.8 Å². The third-order valence-electron chi connectivity index (χ3n) is 4.34. The normalized spacial score (nSPS) is 17.0. The Morgan fingerprint density at radius 2 is 2.00 bits per heavy atom. The Morgan fingerprint density at radius 1 is 1.28 bits per heavy atom. The van der Waals surface area contributed by atoms with Crippen molar-refractivity contribution in [3.63, 3.8) is 0 Å². The number of amides is 2. The molecule has 4 nitrogen and oxygen atoms in total. The van der Waals surface area contributed by atoms with Crippen LogP contribution < -0.4 is 4.90 Å². The standard InChI is InChI=1S/C19H18BrFN2O2/c1-22(12-13-5-3-2-4-6-13)18(24)15-9-10-23(19(15)25)17-8-7-14(20)11-16(17)21/h2-8,11,15H,9-10,12H2,1H3. The van der Waals surface area contributed by atoms with Gasteiger partial charge in [-0.25, -0.2) is 4.39 Å². The summed E-state index contributed by atoms with van der Waals surface area (Å²) in [6, 6.07) is 14.2. The van der Waals surface area contributed by atoms with E-state index in [9.17, 15) is 14.0 Å². The Hall–Kier alpha value is -2.21. The number of nitrogens with zero attached hydrogens (tertiary/aromatic N) is 2. The zero-order valence-electron chi connectivity index (χ0n) is 13.8. The largest absolute Gasteiger partial charge is 0.341 e. The van der Waals surface area contributed by atoms with Crippen LogP contribution in [0.5, 0.6) is 0 Å². The van der Waals surface area contributed by atoms with Crippen LogP contribution in [-0.4, -0.2) is 30.3 Å². The van der Waals surface area contributed by atoms with Crippen LogP contribution in [0.1, 0.15) is 12.0 Å². The minimum absolute atomic E-state index is 0.217. The van der Waals surface area contributed by atoms with Crippen molar-refractivity contribution < 1.29 is 14.0 Å². The van der Waals surface area contributed by atoms with Crippen LogP contribution in [-0.2, 0) is 16.1 Å². The molecule has 0 aliphatic carbocycles. The molecular formula is C19H18BrFN2O2. The number of anilines is 1. The molecule has 2 aromatic rings. The van der Waals surface area contributed by atoms with E-state index < -0.39 is 11.7 Å². The molecule has 2 aromatic carbocycles. The van der Waals surface area contributed by atoms with Gasteiger partial charge in [-0.3, -0.25) is 9.59 Å². The smallest absolute Gasteiger partial charge is 0.239 e. The lowest BCUT2D eigenvalue weighted by Crippen LogP contribution is -2.38. The molecule has 3 rings (SSSR count). The van der Waals surface area contributed by atoms with E-state index in [4.69, 9.17) is 0 Å². The zero-order valence-corrected chi connectivity index (χ0v) is 15.4. The van der Waals surface area contributed by atoms with Crippen LogP contribution in [0.2, 0.25) is 0 Å². The molecule has 1 fully saturated rings. The molecule has 0 bridgehead atoms. The molecule has 6 heteroatoms. The number of carbonyl (C=O) groups is 2. The van der Waals surface area contributed by atoms with Crippen molar-refractivity contribution in [2.24, 2.45) is 5.92 Å². The zero-order chi connectivity index (χ0) is 18.0. The first-order valence-corrected chi connectivity index (χ1v) is 8.82. The Bertz CT molecular complexity index is 797. The minimum atomic E-state index is -0.753. The number of hydrogen-bond donors (Lipinski definition) is 0. The molecule has 1 saturated heterocycles. The molecule has 0 radical (unpaired) electrons. The molecule has 2 amide bonds. The van der Waals surface area contributed by atoms with E-state index in [1.54, 1.807) is 24.1 Å². The van der Waals surface area contributed by atoms with Crippen molar-refractivity contribution in [3.05, 3.63) is 64.4 Å². The second-order valence-electron chi connectivity index (χ2n) is 6.11. The first kappa shape index (κ1) is 17.6. The lowest BCUT2D eigenvalue weighted by molar-refractivity contribution is -0.139. The van der Waals surface area contributed by atoms with Gasteiger partial charge in [-0.2, -0.15) is 0 Å². The molecule has 0 N–H and O–H groups in total. The molecule has 1 aliphatic heterocycles. The topological polar surface area (TPSA) is 40.6 Å². The summed E-state index contributed by atoms with van der Waals surface area (Å²) < 4.78 is 14.7. The van der Waals surface area contributed by atoms with E-state index in [1.165, 1.54) is 11.0 Å². The van der Waals surface area contributed by atoms with Gasteiger partial charge >= 0.3 is 0 Å². The lowest BCUT2D eigenvalue weighted by Gasteiger charge is -2.21. The third-order valence-corrected chi connectivity index (χ3v) is 4.84. The summed E-state index contributed by atoms with van der Waals surface area (Å²) in [7, 11) is 1.69. The maximum Gasteiger partial charge on any atom is 0.239 e. The minimum Gasteiger partial charge on any atom is -0.341 e. The number of halogens is 2.